The Morgan fingerprint density at radius 1 is 0.857 bits per heavy atom. The van der Waals surface area contributed by atoms with Crippen LogP contribution in [0.2, 0.25) is 0 Å². The average molecular weight is 387 g/mol. The van der Waals surface area contributed by atoms with Crippen molar-refractivity contribution in [2.75, 3.05) is 39.3 Å². The van der Waals surface area contributed by atoms with E-state index < -0.39 is 0 Å². The summed E-state index contributed by atoms with van der Waals surface area (Å²) in [5, 5.41) is 5.57. The van der Waals surface area contributed by atoms with E-state index in [9.17, 15) is 0 Å². The van der Waals surface area contributed by atoms with Crippen LogP contribution in [0.5, 0.6) is 0 Å². The van der Waals surface area contributed by atoms with E-state index in [0.717, 1.165) is 6.61 Å². The molecule has 5 rings (SSSR count). The number of hydrogen-bond donors (Lipinski definition) is 1. The van der Waals surface area contributed by atoms with Crippen LogP contribution in [0.3, 0.4) is 0 Å². The van der Waals surface area contributed by atoms with E-state index >= 15 is 0 Å². The number of aromatic nitrogens is 1. The molecule has 5 heteroatoms. The molecule has 0 aliphatic carbocycles. The monoisotopic (exact) mass is 386 g/mol. The van der Waals surface area contributed by atoms with E-state index in [0.29, 0.717) is 12.0 Å². The highest BCUT2D eigenvalue weighted by molar-refractivity contribution is 5.20. The Hall–Kier alpha value is -0.880. The summed E-state index contributed by atoms with van der Waals surface area (Å²) in [6, 6.07) is 4.57. The number of nitrogens with zero attached hydrogens (tertiary/aromatic N) is 3. The van der Waals surface area contributed by atoms with Crippen LogP contribution in [0.1, 0.15) is 69.9 Å². The van der Waals surface area contributed by atoms with Crippen molar-refractivity contribution in [3.8, 4) is 0 Å². The smallest absolute Gasteiger partial charge is 0.133 e. The number of ether oxygens (including phenoxy) is 1. The quantitative estimate of drug-likeness (QED) is 0.850. The molecule has 0 aromatic carbocycles. The number of piperidine rings is 1. The minimum atomic E-state index is -0.0666. The second-order valence-corrected chi connectivity index (χ2v) is 9.30. The van der Waals surface area contributed by atoms with Gasteiger partial charge in [-0.2, -0.15) is 0 Å². The van der Waals surface area contributed by atoms with Crippen LogP contribution in [0.25, 0.3) is 0 Å². The molecule has 1 N–H and O–H groups in total. The number of nitrogens with one attached hydrogen (secondary N) is 1. The summed E-state index contributed by atoms with van der Waals surface area (Å²) in [5.41, 5.74) is 1.34. The highest BCUT2D eigenvalue weighted by Gasteiger charge is 2.56. The van der Waals surface area contributed by atoms with Crippen LogP contribution < -0.4 is 0 Å². The zero-order valence-corrected chi connectivity index (χ0v) is 17.5. The van der Waals surface area contributed by atoms with Gasteiger partial charge in [0, 0.05) is 51.4 Å². The average Bonchev–Trinajstić information content (AvgIpc) is 3.51. The Balaban J connectivity index is 1.64. The van der Waals surface area contributed by atoms with E-state index in [2.05, 4.69) is 38.2 Å². The van der Waals surface area contributed by atoms with Crippen molar-refractivity contribution in [1.82, 2.24) is 19.9 Å². The summed E-state index contributed by atoms with van der Waals surface area (Å²) < 4.78 is 6.41. The van der Waals surface area contributed by atoms with Crippen LogP contribution in [0.15, 0.2) is 18.3 Å². The standard InChI is InChI=1S/C23H38N4O/c1-3-16-26(17-4-1)27-18-5-2-10-20(21-11-9-19-28-21)23(27,22-12-8-13-24-22)25-14-6-7-15-25/h8,12-13,20-21,24H,1-7,9-11,14-19H2. The van der Waals surface area contributed by atoms with E-state index in [1.807, 2.05) is 0 Å². The van der Waals surface area contributed by atoms with Gasteiger partial charge in [0.05, 0.1) is 11.8 Å². The molecule has 5 nitrogen and oxygen atoms in total. The Morgan fingerprint density at radius 2 is 1.64 bits per heavy atom. The summed E-state index contributed by atoms with van der Waals surface area (Å²) in [5.74, 6) is 0.538. The van der Waals surface area contributed by atoms with Crippen molar-refractivity contribution >= 4 is 0 Å². The van der Waals surface area contributed by atoms with Crippen molar-refractivity contribution in [2.45, 2.75) is 76.0 Å². The normalized spacial score (nSPS) is 36.7. The first-order valence-electron chi connectivity index (χ1n) is 11.9. The van der Waals surface area contributed by atoms with E-state index in [4.69, 9.17) is 4.74 Å². The van der Waals surface area contributed by atoms with Gasteiger partial charge in [-0.25, -0.2) is 10.0 Å². The third-order valence-corrected chi connectivity index (χ3v) is 7.72. The Kier molecular flexibility index (Phi) is 5.78. The molecular weight excluding hydrogens is 348 g/mol. The number of H-pyrrole nitrogens is 1. The molecule has 3 atom stereocenters. The minimum Gasteiger partial charge on any atom is -0.378 e. The van der Waals surface area contributed by atoms with Gasteiger partial charge >= 0.3 is 0 Å². The van der Waals surface area contributed by atoms with Crippen LogP contribution in [-0.4, -0.2) is 65.3 Å². The molecule has 5 heterocycles. The third-order valence-electron chi connectivity index (χ3n) is 7.72. The first kappa shape index (κ1) is 19.1. The topological polar surface area (TPSA) is 34.7 Å². The number of hydrazine groups is 1. The van der Waals surface area contributed by atoms with Crippen LogP contribution in [-0.2, 0) is 10.4 Å². The zero-order valence-electron chi connectivity index (χ0n) is 17.5. The molecule has 0 bridgehead atoms. The SMILES string of the molecule is c1c[nH]c(C2(N3CCCC3)C(C3CCCO3)CCCCN2N2CCCCC2)c1. The molecule has 156 valence electrons. The van der Waals surface area contributed by atoms with Crippen molar-refractivity contribution in [1.29, 1.82) is 0 Å². The van der Waals surface area contributed by atoms with Gasteiger partial charge in [-0.05, 0) is 63.5 Å². The molecule has 0 amide bonds. The van der Waals surface area contributed by atoms with Crippen LogP contribution in [0.4, 0.5) is 0 Å². The summed E-state index contributed by atoms with van der Waals surface area (Å²) in [4.78, 5) is 6.55. The second kappa shape index (κ2) is 8.47. The van der Waals surface area contributed by atoms with Crippen molar-refractivity contribution in [3.63, 3.8) is 0 Å². The molecule has 3 unspecified atom stereocenters. The largest absolute Gasteiger partial charge is 0.378 e. The summed E-state index contributed by atoms with van der Waals surface area (Å²) in [6.45, 7) is 6.99. The van der Waals surface area contributed by atoms with Gasteiger partial charge < -0.3 is 9.72 Å². The maximum absolute atomic E-state index is 6.41. The number of hydrogen-bond acceptors (Lipinski definition) is 4. The molecule has 0 spiro atoms. The molecule has 4 fully saturated rings. The molecule has 28 heavy (non-hydrogen) atoms. The number of aromatic amines is 1. The lowest BCUT2D eigenvalue weighted by Gasteiger charge is -2.57. The molecule has 1 aromatic rings. The van der Waals surface area contributed by atoms with Gasteiger partial charge in [0.1, 0.15) is 5.66 Å². The van der Waals surface area contributed by atoms with Crippen LogP contribution >= 0.6 is 0 Å². The fraction of sp³-hybridized carbons (Fsp3) is 0.826. The highest BCUT2D eigenvalue weighted by atomic mass is 16.5. The van der Waals surface area contributed by atoms with Gasteiger partial charge in [-0.3, -0.25) is 4.90 Å². The van der Waals surface area contributed by atoms with Gasteiger partial charge in [0.25, 0.3) is 0 Å². The molecule has 4 aliphatic heterocycles. The summed E-state index contributed by atoms with van der Waals surface area (Å²) in [6.07, 6.45) is 15.6. The van der Waals surface area contributed by atoms with Crippen molar-refractivity contribution < 1.29 is 4.74 Å². The first-order valence-corrected chi connectivity index (χ1v) is 11.9. The number of likely N-dealkylation sites (tertiary alicyclic amines) is 1. The van der Waals surface area contributed by atoms with E-state index in [-0.39, 0.29) is 5.66 Å². The lowest BCUT2D eigenvalue weighted by Crippen LogP contribution is -2.68. The molecule has 4 saturated heterocycles. The van der Waals surface area contributed by atoms with Gasteiger partial charge in [0.2, 0.25) is 0 Å². The second-order valence-electron chi connectivity index (χ2n) is 9.30. The number of rotatable bonds is 4. The predicted octanol–water partition coefficient (Wildman–Crippen LogP) is 3.95. The molecule has 4 aliphatic rings. The first-order chi connectivity index (χ1) is 13.9. The third kappa shape index (κ3) is 3.24. The predicted molar refractivity (Wildman–Crippen MR) is 112 cm³/mol. The zero-order chi connectivity index (χ0) is 18.8. The summed E-state index contributed by atoms with van der Waals surface area (Å²) in [7, 11) is 0. The molecular formula is C23H38N4O. The van der Waals surface area contributed by atoms with Gasteiger partial charge in [-0.15, -0.1) is 0 Å². The van der Waals surface area contributed by atoms with Gasteiger partial charge in [-0.1, -0.05) is 12.8 Å². The van der Waals surface area contributed by atoms with Crippen molar-refractivity contribution in [3.05, 3.63) is 24.0 Å². The van der Waals surface area contributed by atoms with Gasteiger partial charge in [0.15, 0.2) is 0 Å². The lowest BCUT2D eigenvalue weighted by atomic mass is 9.79. The Labute approximate surface area is 170 Å². The van der Waals surface area contributed by atoms with E-state index in [1.165, 1.54) is 103 Å². The maximum Gasteiger partial charge on any atom is 0.133 e. The fourth-order valence-corrected chi connectivity index (χ4v) is 6.55. The van der Waals surface area contributed by atoms with Crippen molar-refractivity contribution in [2.24, 2.45) is 5.92 Å². The fourth-order valence-electron chi connectivity index (χ4n) is 6.55. The van der Waals surface area contributed by atoms with E-state index in [1.54, 1.807) is 0 Å². The highest BCUT2D eigenvalue weighted by Crippen LogP contribution is 2.49. The molecule has 0 radical (unpaired) electrons. The Morgan fingerprint density at radius 3 is 2.36 bits per heavy atom. The van der Waals surface area contributed by atoms with Crippen LogP contribution in [0, 0.1) is 5.92 Å². The molecule has 1 aromatic heterocycles. The Bertz CT molecular complexity index is 602. The molecule has 0 saturated carbocycles. The summed E-state index contributed by atoms with van der Waals surface area (Å²) >= 11 is 0. The minimum absolute atomic E-state index is 0.0666. The lowest BCUT2D eigenvalue weighted by molar-refractivity contribution is -0.223. The maximum atomic E-state index is 6.41.